The Morgan fingerprint density at radius 1 is 0.909 bits per heavy atom. The lowest BCUT2D eigenvalue weighted by Gasteiger charge is -2.00. The lowest BCUT2D eigenvalue weighted by Crippen LogP contribution is -2.05. The van der Waals surface area contributed by atoms with Crippen LogP contribution in [0.25, 0.3) is 0 Å². The number of carbonyl (C=O) groups is 2. The highest BCUT2D eigenvalue weighted by atomic mass is 16.4. The van der Waals surface area contributed by atoms with Gasteiger partial charge in [-0.2, -0.15) is 0 Å². The van der Waals surface area contributed by atoms with Crippen molar-refractivity contribution >= 4 is 11.9 Å². The average Bonchev–Trinajstić information content (AvgIpc) is 2.51. The highest BCUT2D eigenvalue weighted by Gasteiger charge is 2.05. The Balaban J connectivity index is 0.000000401. The predicted molar refractivity (Wildman–Crippen MR) is 85.7 cm³/mol. The molecule has 6 heteroatoms. The maximum atomic E-state index is 10.5. The van der Waals surface area contributed by atoms with E-state index >= 15 is 0 Å². The van der Waals surface area contributed by atoms with Gasteiger partial charge in [0.25, 0.3) is 0 Å². The maximum absolute atomic E-state index is 10.5. The Morgan fingerprint density at radius 2 is 1.50 bits per heavy atom. The first-order valence-corrected chi connectivity index (χ1v) is 7.46. The van der Waals surface area contributed by atoms with E-state index in [-0.39, 0.29) is 12.1 Å². The van der Waals surface area contributed by atoms with Crippen LogP contribution in [0.5, 0.6) is 0 Å². The largest absolute Gasteiger partial charge is 0.481 e. The standard InChI is InChI=1S/C8H9NO2.C8H17NO2/c9-5-6-3-1-2-4-7(6)8(10)11;9-7-5-3-1-2-4-6-8(10)11/h1-4H,5,9H2,(H,10,11);1-7,9H2,(H,10,11). The SMILES string of the molecule is NCCCCCCCC(=O)O.NCc1ccccc1C(=O)O. The second-order valence-electron chi connectivity index (χ2n) is 4.87. The summed E-state index contributed by atoms with van der Waals surface area (Å²) < 4.78 is 0. The fourth-order valence-electron chi connectivity index (χ4n) is 1.86. The molecule has 0 amide bonds. The van der Waals surface area contributed by atoms with Crippen molar-refractivity contribution in [3.8, 4) is 0 Å². The molecular weight excluding hydrogens is 284 g/mol. The van der Waals surface area contributed by atoms with Crippen molar-refractivity contribution in [2.75, 3.05) is 6.54 Å². The van der Waals surface area contributed by atoms with Gasteiger partial charge in [0.15, 0.2) is 0 Å². The zero-order chi connectivity index (χ0) is 16.8. The summed E-state index contributed by atoms with van der Waals surface area (Å²) in [7, 11) is 0. The van der Waals surface area contributed by atoms with E-state index in [2.05, 4.69) is 0 Å². The van der Waals surface area contributed by atoms with Crippen LogP contribution in [-0.4, -0.2) is 28.7 Å². The number of unbranched alkanes of at least 4 members (excludes halogenated alkanes) is 4. The summed E-state index contributed by atoms with van der Waals surface area (Å²) in [6.45, 7) is 1.02. The van der Waals surface area contributed by atoms with E-state index < -0.39 is 11.9 Å². The van der Waals surface area contributed by atoms with E-state index in [1.165, 1.54) is 0 Å². The van der Waals surface area contributed by atoms with Crippen LogP contribution in [0, 0.1) is 0 Å². The van der Waals surface area contributed by atoms with Gasteiger partial charge in [-0.3, -0.25) is 4.79 Å². The summed E-state index contributed by atoms with van der Waals surface area (Å²) >= 11 is 0. The van der Waals surface area contributed by atoms with Crippen molar-refractivity contribution in [1.82, 2.24) is 0 Å². The van der Waals surface area contributed by atoms with Gasteiger partial charge in [-0.1, -0.05) is 37.5 Å². The quantitative estimate of drug-likeness (QED) is 0.518. The van der Waals surface area contributed by atoms with Gasteiger partial charge < -0.3 is 21.7 Å². The van der Waals surface area contributed by atoms with Crippen LogP contribution >= 0.6 is 0 Å². The number of hydrogen-bond donors (Lipinski definition) is 4. The third-order valence-corrected chi connectivity index (χ3v) is 3.06. The third kappa shape index (κ3) is 9.90. The number of rotatable bonds is 9. The summed E-state index contributed by atoms with van der Waals surface area (Å²) in [5.41, 5.74) is 11.6. The topological polar surface area (TPSA) is 127 Å². The normalized spacial score (nSPS) is 9.73. The highest BCUT2D eigenvalue weighted by Crippen LogP contribution is 2.06. The molecule has 124 valence electrons. The molecule has 0 atom stereocenters. The number of aliphatic carboxylic acids is 1. The van der Waals surface area contributed by atoms with Gasteiger partial charge in [-0.05, 0) is 31.0 Å². The van der Waals surface area contributed by atoms with Crippen LogP contribution in [0.1, 0.15) is 54.4 Å². The number of hydrogen-bond acceptors (Lipinski definition) is 4. The Labute approximate surface area is 131 Å². The molecule has 0 aliphatic carbocycles. The molecule has 6 nitrogen and oxygen atoms in total. The molecule has 1 aromatic rings. The average molecular weight is 310 g/mol. The molecule has 6 N–H and O–H groups in total. The van der Waals surface area contributed by atoms with Crippen LogP contribution in [0.3, 0.4) is 0 Å². The van der Waals surface area contributed by atoms with Gasteiger partial charge in [0.1, 0.15) is 0 Å². The number of benzene rings is 1. The fourth-order valence-corrected chi connectivity index (χ4v) is 1.86. The highest BCUT2D eigenvalue weighted by molar-refractivity contribution is 5.89. The first kappa shape index (κ1) is 20.1. The zero-order valence-corrected chi connectivity index (χ0v) is 12.8. The van der Waals surface area contributed by atoms with E-state index in [1.54, 1.807) is 24.3 Å². The fraction of sp³-hybridized carbons (Fsp3) is 0.500. The van der Waals surface area contributed by atoms with Crippen LogP contribution in [0.4, 0.5) is 0 Å². The Bertz CT molecular complexity index is 450. The summed E-state index contributed by atoms with van der Waals surface area (Å²) in [5, 5.41) is 16.9. The molecule has 22 heavy (non-hydrogen) atoms. The van der Waals surface area contributed by atoms with E-state index in [9.17, 15) is 9.59 Å². The molecule has 0 aromatic heterocycles. The molecule has 1 aromatic carbocycles. The zero-order valence-electron chi connectivity index (χ0n) is 12.8. The van der Waals surface area contributed by atoms with Crippen LogP contribution < -0.4 is 11.5 Å². The minimum absolute atomic E-state index is 0.266. The van der Waals surface area contributed by atoms with Gasteiger partial charge in [0, 0.05) is 13.0 Å². The second kappa shape index (κ2) is 12.8. The van der Waals surface area contributed by atoms with Crippen molar-refractivity contribution in [2.45, 2.75) is 45.1 Å². The first-order chi connectivity index (χ1) is 10.5. The van der Waals surface area contributed by atoms with E-state index in [0.29, 0.717) is 12.0 Å². The van der Waals surface area contributed by atoms with Crippen molar-refractivity contribution in [3.63, 3.8) is 0 Å². The molecule has 0 saturated heterocycles. The van der Waals surface area contributed by atoms with Crippen LogP contribution in [-0.2, 0) is 11.3 Å². The van der Waals surface area contributed by atoms with Gasteiger partial charge in [0.05, 0.1) is 5.56 Å². The van der Waals surface area contributed by atoms with Crippen molar-refractivity contribution in [2.24, 2.45) is 11.5 Å². The van der Waals surface area contributed by atoms with Crippen LogP contribution in [0.15, 0.2) is 24.3 Å². The number of carboxylic acids is 2. The molecule has 0 aliphatic heterocycles. The third-order valence-electron chi connectivity index (χ3n) is 3.06. The number of carboxylic acid groups (broad SMARTS) is 2. The molecule has 0 bridgehead atoms. The van der Waals surface area contributed by atoms with Crippen molar-refractivity contribution < 1.29 is 19.8 Å². The van der Waals surface area contributed by atoms with E-state index in [0.717, 1.165) is 38.6 Å². The van der Waals surface area contributed by atoms with E-state index in [4.69, 9.17) is 21.7 Å². The summed E-state index contributed by atoms with van der Waals surface area (Å²) in [6.07, 6.45) is 5.45. The molecular formula is C16H26N2O4. The Kier molecular flexibility index (Phi) is 11.7. The number of aromatic carboxylic acids is 1. The lowest BCUT2D eigenvalue weighted by atomic mass is 10.1. The minimum Gasteiger partial charge on any atom is -0.481 e. The van der Waals surface area contributed by atoms with Crippen LogP contribution in [0.2, 0.25) is 0 Å². The Morgan fingerprint density at radius 3 is 2.00 bits per heavy atom. The van der Waals surface area contributed by atoms with E-state index in [1.807, 2.05) is 0 Å². The molecule has 0 aliphatic rings. The minimum atomic E-state index is -0.925. The second-order valence-corrected chi connectivity index (χ2v) is 4.87. The monoisotopic (exact) mass is 310 g/mol. The Hall–Kier alpha value is -1.92. The summed E-state index contributed by atoms with van der Waals surface area (Å²) in [4.78, 5) is 20.6. The molecule has 0 heterocycles. The molecule has 0 fully saturated rings. The van der Waals surface area contributed by atoms with Gasteiger partial charge in [-0.15, -0.1) is 0 Å². The molecule has 1 rings (SSSR count). The van der Waals surface area contributed by atoms with Gasteiger partial charge in [0.2, 0.25) is 0 Å². The van der Waals surface area contributed by atoms with Gasteiger partial charge in [-0.25, -0.2) is 4.79 Å². The summed E-state index contributed by atoms with van der Waals surface area (Å²) in [6, 6.07) is 6.71. The number of nitrogens with two attached hydrogens (primary N) is 2. The molecule has 0 saturated carbocycles. The lowest BCUT2D eigenvalue weighted by molar-refractivity contribution is -0.137. The predicted octanol–water partition coefficient (Wildman–Crippen LogP) is 2.21. The molecule has 0 radical (unpaired) electrons. The first-order valence-electron chi connectivity index (χ1n) is 7.46. The smallest absolute Gasteiger partial charge is 0.336 e. The van der Waals surface area contributed by atoms with Gasteiger partial charge >= 0.3 is 11.9 Å². The molecule has 0 spiro atoms. The summed E-state index contributed by atoms with van der Waals surface area (Å²) in [5.74, 6) is -1.62. The van der Waals surface area contributed by atoms with Crippen molar-refractivity contribution in [3.05, 3.63) is 35.4 Å². The maximum Gasteiger partial charge on any atom is 0.336 e. The van der Waals surface area contributed by atoms with Crippen molar-refractivity contribution in [1.29, 1.82) is 0 Å². The molecule has 0 unspecified atom stereocenters.